The van der Waals surface area contributed by atoms with E-state index in [0.717, 1.165) is 24.3 Å². The summed E-state index contributed by atoms with van der Waals surface area (Å²) in [6.45, 7) is 5.16. The fourth-order valence-corrected chi connectivity index (χ4v) is 2.78. The Morgan fingerprint density at radius 3 is 2.86 bits per heavy atom. The third-order valence-electron chi connectivity index (χ3n) is 4.34. The number of hydrogen-bond donors (Lipinski definition) is 2. The van der Waals surface area contributed by atoms with Crippen molar-refractivity contribution in [1.29, 1.82) is 0 Å². The van der Waals surface area contributed by atoms with Crippen molar-refractivity contribution in [3.8, 4) is 0 Å². The SMILES string of the molecule is CC1OCCC1N(C)C(C)C(=O)Nc1ccccc1CN. The minimum absolute atomic E-state index is 0.0162. The quantitative estimate of drug-likeness (QED) is 0.864. The van der Waals surface area contributed by atoms with Crippen molar-refractivity contribution in [2.45, 2.75) is 45.0 Å². The number of carbonyl (C=O) groups excluding carboxylic acids is 1. The molecule has 3 atom stereocenters. The minimum Gasteiger partial charge on any atom is -0.377 e. The Morgan fingerprint density at radius 2 is 2.24 bits per heavy atom. The molecule has 1 aliphatic heterocycles. The third kappa shape index (κ3) is 3.61. The highest BCUT2D eigenvalue weighted by atomic mass is 16.5. The van der Waals surface area contributed by atoms with Crippen molar-refractivity contribution in [3.05, 3.63) is 29.8 Å². The average molecular weight is 291 g/mol. The molecule has 5 heteroatoms. The van der Waals surface area contributed by atoms with Gasteiger partial charge in [-0.3, -0.25) is 9.69 Å². The number of para-hydroxylation sites is 1. The molecule has 0 radical (unpaired) electrons. The zero-order valence-electron chi connectivity index (χ0n) is 13.0. The summed E-state index contributed by atoms with van der Waals surface area (Å²) >= 11 is 0. The number of hydrogen-bond acceptors (Lipinski definition) is 4. The maximum absolute atomic E-state index is 12.5. The Morgan fingerprint density at radius 1 is 1.52 bits per heavy atom. The van der Waals surface area contributed by atoms with Gasteiger partial charge >= 0.3 is 0 Å². The first-order valence-corrected chi connectivity index (χ1v) is 7.47. The number of nitrogens with zero attached hydrogens (tertiary/aromatic N) is 1. The largest absolute Gasteiger partial charge is 0.377 e. The van der Waals surface area contributed by atoms with Crippen molar-refractivity contribution in [1.82, 2.24) is 4.90 Å². The van der Waals surface area contributed by atoms with Crippen molar-refractivity contribution in [2.75, 3.05) is 19.0 Å². The number of likely N-dealkylation sites (N-methyl/N-ethyl adjacent to an activating group) is 1. The van der Waals surface area contributed by atoms with Gasteiger partial charge in [0.1, 0.15) is 0 Å². The molecule has 1 heterocycles. The van der Waals surface area contributed by atoms with Gasteiger partial charge < -0.3 is 15.8 Å². The smallest absolute Gasteiger partial charge is 0.241 e. The van der Waals surface area contributed by atoms with E-state index in [4.69, 9.17) is 10.5 Å². The highest BCUT2D eigenvalue weighted by molar-refractivity contribution is 5.95. The summed E-state index contributed by atoms with van der Waals surface area (Å²) in [4.78, 5) is 14.5. The normalized spacial score (nSPS) is 23.3. The van der Waals surface area contributed by atoms with E-state index in [0.29, 0.717) is 6.54 Å². The van der Waals surface area contributed by atoms with Crippen LogP contribution in [0.4, 0.5) is 5.69 Å². The minimum atomic E-state index is -0.218. The predicted molar refractivity (Wildman–Crippen MR) is 84.0 cm³/mol. The van der Waals surface area contributed by atoms with E-state index >= 15 is 0 Å². The summed E-state index contributed by atoms with van der Waals surface area (Å²) < 4.78 is 5.58. The van der Waals surface area contributed by atoms with Gasteiger partial charge in [-0.1, -0.05) is 18.2 Å². The lowest BCUT2D eigenvalue weighted by Gasteiger charge is -2.31. The molecule has 1 aromatic carbocycles. The maximum atomic E-state index is 12.5. The lowest BCUT2D eigenvalue weighted by Crippen LogP contribution is -2.47. The van der Waals surface area contributed by atoms with Gasteiger partial charge in [0.05, 0.1) is 12.1 Å². The molecule has 0 bridgehead atoms. The van der Waals surface area contributed by atoms with Crippen molar-refractivity contribution in [2.24, 2.45) is 5.73 Å². The van der Waals surface area contributed by atoms with E-state index in [2.05, 4.69) is 17.1 Å². The highest BCUT2D eigenvalue weighted by Crippen LogP contribution is 2.21. The second-order valence-electron chi connectivity index (χ2n) is 5.62. The van der Waals surface area contributed by atoms with E-state index in [1.165, 1.54) is 0 Å². The van der Waals surface area contributed by atoms with Crippen molar-refractivity contribution in [3.63, 3.8) is 0 Å². The predicted octanol–water partition coefficient (Wildman–Crippen LogP) is 1.58. The fraction of sp³-hybridized carbons (Fsp3) is 0.562. The van der Waals surface area contributed by atoms with Gasteiger partial charge in [-0.2, -0.15) is 0 Å². The molecule has 21 heavy (non-hydrogen) atoms. The summed E-state index contributed by atoms with van der Waals surface area (Å²) in [6, 6.07) is 7.70. The van der Waals surface area contributed by atoms with Crippen LogP contribution in [0.3, 0.4) is 0 Å². The van der Waals surface area contributed by atoms with Gasteiger partial charge in [0.15, 0.2) is 0 Å². The topological polar surface area (TPSA) is 67.6 Å². The van der Waals surface area contributed by atoms with Gasteiger partial charge in [-0.15, -0.1) is 0 Å². The number of carbonyl (C=O) groups is 1. The molecular formula is C16H25N3O2. The van der Waals surface area contributed by atoms with Crippen LogP contribution in [0.5, 0.6) is 0 Å². The maximum Gasteiger partial charge on any atom is 0.241 e. The zero-order valence-corrected chi connectivity index (χ0v) is 13.0. The van der Waals surface area contributed by atoms with Gasteiger partial charge in [-0.25, -0.2) is 0 Å². The number of nitrogens with two attached hydrogens (primary N) is 1. The first kappa shape index (κ1) is 15.9. The monoisotopic (exact) mass is 291 g/mol. The highest BCUT2D eigenvalue weighted by Gasteiger charge is 2.32. The molecule has 0 saturated carbocycles. The molecule has 0 spiro atoms. The molecule has 0 aliphatic carbocycles. The Kier molecular flexibility index (Phi) is 5.33. The molecule has 1 aromatic rings. The van der Waals surface area contributed by atoms with Crippen LogP contribution in [0.1, 0.15) is 25.8 Å². The molecule has 2 rings (SSSR count). The lowest BCUT2D eigenvalue weighted by molar-refractivity contribution is -0.121. The Balaban J connectivity index is 2.02. The fourth-order valence-electron chi connectivity index (χ4n) is 2.78. The molecule has 1 saturated heterocycles. The Labute approximate surface area is 126 Å². The third-order valence-corrected chi connectivity index (χ3v) is 4.34. The summed E-state index contributed by atoms with van der Waals surface area (Å²) in [5, 5.41) is 2.98. The molecule has 3 unspecified atom stereocenters. The summed E-state index contributed by atoms with van der Waals surface area (Å²) in [5.74, 6) is -0.0162. The van der Waals surface area contributed by atoms with E-state index < -0.39 is 0 Å². The van der Waals surface area contributed by atoms with Gasteiger partial charge in [0, 0.05) is 24.9 Å². The number of rotatable bonds is 5. The van der Waals surface area contributed by atoms with Crippen LogP contribution >= 0.6 is 0 Å². The molecule has 1 amide bonds. The molecular weight excluding hydrogens is 266 g/mol. The van der Waals surface area contributed by atoms with Gasteiger partial charge in [-0.05, 0) is 38.9 Å². The Bertz CT molecular complexity index is 492. The van der Waals surface area contributed by atoms with Crippen molar-refractivity contribution < 1.29 is 9.53 Å². The van der Waals surface area contributed by atoms with Crippen LogP contribution in [0.15, 0.2) is 24.3 Å². The van der Waals surface area contributed by atoms with Crippen LogP contribution < -0.4 is 11.1 Å². The Hall–Kier alpha value is -1.43. The van der Waals surface area contributed by atoms with Crippen LogP contribution in [0, 0.1) is 0 Å². The number of ether oxygens (including phenoxy) is 1. The summed E-state index contributed by atoms with van der Waals surface area (Å²) in [7, 11) is 1.98. The number of nitrogens with one attached hydrogen (secondary N) is 1. The van der Waals surface area contributed by atoms with Crippen molar-refractivity contribution >= 4 is 11.6 Å². The zero-order chi connectivity index (χ0) is 15.4. The van der Waals surface area contributed by atoms with E-state index in [9.17, 15) is 4.79 Å². The van der Waals surface area contributed by atoms with Gasteiger partial charge in [0.25, 0.3) is 0 Å². The summed E-state index contributed by atoms with van der Waals surface area (Å²) in [5.41, 5.74) is 7.44. The first-order valence-electron chi connectivity index (χ1n) is 7.47. The number of anilines is 1. The lowest BCUT2D eigenvalue weighted by atomic mass is 10.1. The number of amides is 1. The van der Waals surface area contributed by atoms with E-state index in [-0.39, 0.29) is 24.1 Å². The standard InChI is InChI=1S/C16H25N3O2/c1-11(19(3)15-8-9-21-12(15)2)16(20)18-14-7-5-4-6-13(14)10-17/h4-7,11-12,15H,8-10,17H2,1-3H3,(H,18,20). The molecule has 3 N–H and O–H groups in total. The van der Waals surface area contributed by atoms with Crippen LogP contribution in [-0.4, -0.2) is 42.6 Å². The second kappa shape index (κ2) is 7.02. The first-order chi connectivity index (χ1) is 10.0. The average Bonchev–Trinajstić information content (AvgIpc) is 2.92. The van der Waals surface area contributed by atoms with Crippen LogP contribution in [0.2, 0.25) is 0 Å². The molecule has 5 nitrogen and oxygen atoms in total. The second-order valence-corrected chi connectivity index (χ2v) is 5.62. The molecule has 116 valence electrons. The summed E-state index contributed by atoms with van der Waals surface area (Å²) in [6.07, 6.45) is 1.14. The molecule has 1 fully saturated rings. The van der Waals surface area contributed by atoms with Gasteiger partial charge in [0.2, 0.25) is 5.91 Å². The van der Waals surface area contributed by atoms with E-state index in [1.807, 2.05) is 38.2 Å². The van der Waals surface area contributed by atoms with Crippen LogP contribution in [0.25, 0.3) is 0 Å². The van der Waals surface area contributed by atoms with E-state index in [1.54, 1.807) is 0 Å². The molecule has 0 aromatic heterocycles. The molecule has 1 aliphatic rings. The number of benzene rings is 1. The van der Waals surface area contributed by atoms with Crippen LogP contribution in [-0.2, 0) is 16.1 Å².